The van der Waals surface area contributed by atoms with Crippen LogP contribution >= 0.6 is 11.6 Å². The van der Waals surface area contributed by atoms with Crippen molar-refractivity contribution < 1.29 is 13.2 Å². The molecule has 0 bridgehead atoms. The Bertz CT molecular complexity index is 943. The fraction of sp³-hybridized carbons (Fsp3) is 0.409. The van der Waals surface area contributed by atoms with Crippen molar-refractivity contribution in [1.82, 2.24) is 9.62 Å². The average Bonchev–Trinajstić information content (AvgIpc) is 2.70. The van der Waals surface area contributed by atoms with E-state index in [1.165, 1.54) is 9.87 Å². The summed E-state index contributed by atoms with van der Waals surface area (Å²) in [6.45, 7) is 4.64. The fourth-order valence-electron chi connectivity index (χ4n) is 3.56. The third kappa shape index (κ3) is 5.81. The van der Waals surface area contributed by atoms with Crippen molar-refractivity contribution in [3.05, 3.63) is 70.2 Å². The maximum absolute atomic E-state index is 12.8. The van der Waals surface area contributed by atoms with Gasteiger partial charge in [-0.25, -0.2) is 12.7 Å². The molecule has 0 spiro atoms. The predicted octanol–water partition coefficient (Wildman–Crippen LogP) is 4.07. The smallest absolute Gasteiger partial charge is 0.224 e. The second kappa shape index (κ2) is 9.28. The van der Waals surface area contributed by atoms with Gasteiger partial charge < -0.3 is 5.32 Å². The van der Waals surface area contributed by atoms with Gasteiger partial charge in [-0.1, -0.05) is 53.6 Å². The van der Waals surface area contributed by atoms with Gasteiger partial charge in [-0.2, -0.15) is 0 Å². The van der Waals surface area contributed by atoms with Crippen molar-refractivity contribution in [3.63, 3.8) is 0 Å². The molecule has 1 aliphatic heterocycles. The molecule has 1 amide bonds. The number of nitrogens with zero attached hydrogens (tertiary/aromatic N) is 1. The average molecular weight is 435 g/mol. The van der Waals surface area contributed by atoms with Gasteiger partial charge in [-0.3, -0.25) is 4.79 Å². The first-order valence-corrected chi connectivity index (χ1v) is 11.8. The first-order chi connectivity index (χ1) is 13.7. The van der Waals surface area contributed by atoms with E-state index in [0.29, 0.717) is 30.0 Å². The number of carbonyl (C=O) groups is 1. The largest absolute Gasteiger partial charge is 0.349 e. The quantitative estimate of drug-likeness (QED) is 0.745. The number of benzene rings is 2. The Hall–Kier alpha value is -1.89. The van der Waals surface area contributed by atoms with Gasteiger partial charge in [0.1, 0.15) is 0 Å². The van der Waals surface area contributed by atoms with E-state index in [1.807, 2.05) is 38.1 Å². The molecule has 29 heavy (non-hydrogen) atoms. The van der Waals surface area contributed by atoms with Gasteiger partial charge in [0.2, 0.25) is 15.9 Å². The number of halogens is 1. The van der Waals surface area contributed by atoms with Crippen molar-refractivity contribution in [1.29, 1.82) is 0 Å². The van der Waals surface area contributed by atoms with Crippen molar-refractivity contribution in [2.24, 2.45) is 5.92 Å². The van der Waals surface area contributed by atoms with Gasteiger partial charge in [0.05, 0.1) is 17.7 Å². The molecule has 3 rings (SSSR count). The highest BCUT2D eigenvalue weighted by atomic mass is 35.5. The highest BCUT2D eigenvalue weighted by molar-refractivity contribution is 7.88. The number of sulfonamides is 1. The third-order valence-corrected chi connectivity index (χ3v) is 7.42. The molecule has 156 valence electrons. The van der Waals surface area contributed by atoms with Crippen LogP contribution in [0.3, 0.4) is 0 Å². The van der Waals surface area contributed by atoms with Crippen LogP contribution in [-0.4, -0.2) is 31.7 Å². The van der Waals surface area contributed by atoms with Gasteiger partial charge in [0.15, 0.2) is 0 Å². The Kier molecular flexibility index (Phi) is 6.98. The molecule has 1 aliphatic rings. The Morgan fingerprint density at radius 1 is 1.17 bits per heavy atom. The minimum absolute atomic E-state index is 0.0850. The summed E-state index contributed by atoms with van der Waals surface area (Å²) in [5, 5.41) is 3.61. The number of amides is 1. The summed E-state index contributed by atoms with van der Waals surface area (Å²) in [7, 11) is -3.49. The summed E-state index contributed by atoms with van der Waals surface area (Å²) < 4.78 is 27.1. The molecule has 0 aromatic heterocycles. The summed E-state index contributed by atoms with van der Waals surface area (Å²) in [5.74, 6) is -0.515. The van der Waals surface area contributed by atoms with E-state index in [2.05, 4.69) is 5.32 Å². The monoisotopic (exact) mass is 434 g/mol. The molecule has 0 radical (unpaired) electrons. The molecule has 1 N–H and O–H groups in total. The van der Waals surface area contributed by atoms with Gasteiger partial charge in [0.25, 0.3) is 0 Å². The van der Waals surface area contributed by atoms with Crippen molar-refractivity contribution >= 4 is 27.5 Å². The van der Waals surface area contributed by atoms with Crippen LogP contribution in [-0.2, 0) is 20.6 Å². The first-order valence-electron chi connectivity index (χ1n) is 9.84. The van der Waals surface area contributed by atoms with Gasteiger partial charge >= 0.3 is 0 Å². The van der Waals surface area contributed by atoms with Crippen LogP contribution in [0.1, 0.15) is 42.5 Å². The van der Waals surface area contributed by atoms with Crippen LogP contribution in [0.4, 0.5) is 0 Å². The van der Waals surface area contributed by atoms with Crippen LogP contribution in [0, 0.1) is 12.8 Å². The number of rotatable bonds is 6. The molecule has 1 saturated heterocycles. The number of hydrogen-bond acceptors (Lipinski definition) is 3. The maximum atomic E-state index is 12.8. The summed E-state index contributed by atoms with van der Waals surface area (Å²) in [5.41, 5.74) is 2.89. The van der Waals surface area contributed by atoms with E-state index in [1.54, 1.807) is 24.3 Å². The summed E-state index contributed by atoms with van der Waals surface area (Å²) in [4.78, 5) is 12.8. The Labute approximate surface area is 178 Å². The van der Waals surface area contributed by atoms with E-state index in [9.17, 15) is 13.2 Å². The Morgan fingerprint density at radius 2 is 1.83 bits per heavy atom. The lowest BCUT2D eigenvalue weighted by Gasteiger charge is -2.32. The zero-order valence-electron chi connectivity index (χ0n) is 16.8. The topological polar surface area (TPSA) is 66.5 Å². The molecule has 0 unspecified atom stereocenters. The number of aryl methyl sites for hydroxylation is 1. The Balaban J connectivity index is 1.62. The molecular formula is C22H27ClN2O3S. The lowest BCUT2D eigenvalue weighted by Crippen LogP contribution is -2.46. The van der Waals surface area contributed by atoms with Gasteiger partial charge in [-0.05, 0) is 49.9 Å². The van der Waals surface area contributed by atoms with E-state index in [4.69, 9.17) is 11.6 Å². The number of nitrogens with one attached hydrogen (secondary N) is 1. The van der Waals surface area contributed by atoms with E-state index >= 15 is 0 Å². The van der Waals surface area contributed by atoms with Crippen molar-refractivity contribution in [2.75, 3.05) is 13.1 Å². The molecule has 1 fully saturated rings. The molecular weight excluding hydrogens is 408 g/mol. The van der Waals surface area contributed by atoms with Crippen LogP contribution < -0.4 is 5.32 Å². The normalized spacial score (nSPS) is 18.9. The predicted molar refractivity (Wildman–Crippen MR) is 116 cm³/mol. The minimum atomic E-state index is -3.49. The minimum Gasteiger partial charge on any atom is -0.349 e. The summed E-state index contributed by atoms with van der Waals surface area (Å²) in [6, 6.07) is 14.7. The highest BCUT2D eigenvalue weighted by Crippen LogP contribution is 2.23. The van der Waals surface area contributed by atoms with Crippen molar-refractivity contribution in [3.8, 4) is 0 Å². The van der Waals surface area contributed by atoms with E-state index in [0.717, 1.165) is 5.56 Å². The number of piperidine rings is 1. The van der Waals surface area contributed by atoms with Crippen LogP contribution in [0.25, 0.3) is 0 Å². The second-order valence-electron chi connectivity index (χ2n) is 7.72. The standard InChI is InChI=1S/C22H27ClN2O3S/c1-16-5-9-19(10-6-16)17(2)24-22(26)20-4-3-13-25(14-20)29(27,28)15-18-7-11-21(23)12-8-18/h5-12,17,20H,3-4,13-15H2,1-2H3,(H,24,26)/t17-,20+/m0/s1. The SMILES string of the molecule is Cc1ccc([C@H](C)NC(=O)[C@@H]2CCCN(S(=O)(=O)Cc3ccc(Cl)cc3)C2)cc1. The van der Waals surface area contributed by atoms with Crippen molar-refractivity contribution in [2.45, 2.75) is 38.5 Å². The molecule has 5 nitrogen and oxygen atoms in total. The van der Waals surface area contributed by atoms with Gasteiger partial charge in [0, 0.05) is 18.1 Å². The van der Waals surface area contributed by atoms with E-state index in [-0.39, 0.29) is 30.2 Å². The summed E-state index contributed by atoms with van der Waals surface area (Å²) >= 11 is 5.87. The van der Waals surface area contributed by atoms with Crippen LogP contribution in [0.2, 0.25) is 5.02 Å². The lowest BCUT2D eigenvalue weighted by atomic mass is 9.97. The summed E-state index contributed by atoms with van der Waals surface area (Å²) in [6.07, 6.45) is 1.37. The van der Waals surface area contributed by atoms with Crippen LogP contribution in [0.5, 0.6) is 0 Å². The molecule has 0 saturated carbocycles. The van der Waals surface area contributed by atoms with Crippen LogP contribution in [0.15, 0.2) is 48.5 Å². The molecule has 2 atom stereocenters. The number of carbonyl (C=O) groups excluding carboxylic acids is 1. The molecule has 0 aliphatic carbocycles. The first kappa shape index (κ1) is 21.8. The third-order valence-electron chi connectivity index (χ3n) is 5.35. The molecule has 1 heterocycles. The lowest BCUT2D eigenvalue weighted by molar-refractivity contribution is -0.126. The second-order valence-corrected chi connectivity index (χ2v) is 10.1. The number of hydrogen-bond donors (Lipinski definition) is 1. The molecule has 7 heteroatoms. The zero-order chi connectivity index (χ0) is 21.0. The maximum Gasteiger partial charge on any atom is 0.224 e. The highest BCUT2D eigenvalue weighted by Gasteiger charge is 2.32. The zero-order valence-corrected chi connectivity index (χ0v) is 18.3. The van der Waals surface area contributed by atoms with E-state index < -0.39 is 10.0 Å². The Morgan fingerprint density at radius 3 is 2.48 bits per heavy atom. The molecule has 2 aromatic carbocycles. The molecule has 2 aromatic rings. The van der Waals surface area contributed by atoms with Gasteiger partial charge in [-0.15, -0.1) is 0 Å². The fourth-order valence-corrected chi connectivity index (χ4v) is 5.30.